The van der Waals surface area contributed by atoms with Gasteiger partial charge in [0, 0.05) is 16.0 Å². The Morgan fingerprint density at radius 2 is 1.82 bits per heavy atom. The van der Waals surface area contributed by atoms with Crippen LogP contribution in [0.25, 0.3) is 0 Å². The lowest BCUT2D eigenvalue weighted by Crippen LogP contribution is -2.41. The van der Waals surface area contributed by atoms with E-state index in [4.69, 9.17) is 10.6 Å². The Labute approximate surface area is 202 Å². The van der Waals surface area contributed by atoms with Crippen LogP contribution in [0.1, 0.15) is 37.0 Å². The van der Waals surface area contributed by atoms with Gasteiger partial charge in [-0.25, -0.2) is 20.1 Å². The highest BCUT2D eigenvalue weighted by Gasteiger charge is 2.41. The van der Waals surface area contributed by atoms with Gasteiger partial charge in [-0.05, 0) is 49.2 Å². The zero-order chi connectivity index (χ0) is 24.1. The lowest BCUT2D eigenvalue weighted by Gasteiger charge is -2.24. The summed E-state index contributed by atoms with van der Waals surface area (Å²) in [7, 11) is 0. The van der Waals surface area contributed by atoms with Crippen molar-refractivity contribution in [2.75, 3.05) is 22.7 Å². The highest BCUT2D eigenvalue weighted by Crippen LogP contribution is 2.29. The van der Waals surface area contributed by atoms with Crippen LogP contribution in [-0.2, 0) is 4.84 Å². The summed E-state index contributed by atoms with van der Waals surface area (Å²) in [6.45, 7) is 4.47. The number of rotatable bonds is 8. The summed E-state index contributed by atoms with van der Waals surface area (Å²) in [5, 5.41) is 2.99. The number of carbonyl (C=O) groups is 2. The molecule has 9 nitrogen and oxygen atoms in total. The highest BCUT2D eigenvalue weighted by molar-refractivity contribution is 7.99. The second-order valence-corrected chi connectivity index (χ2v) is 9.05. The van der Waals surface area contributed by atoms with E-state index < -0.39 is 5.97 Å². The predicted molar refractivity (Wildman–Crippen MR) is 132 cm³/mol. The fourth-order valence-electron chi connectivity index (χ4n) is 3.57. The molecule has 2 amide bonds. The number of nitrogen functional groups attached to an aromatic ring is 1. The molecule has 3 aromatic rings. The zero-order valence-electron chi connectivity index (χ0n) is 18.9. The summed E-state index contributed by atoms with van der Waals surface area (Å²) in [5.41, 5.74) is 8.89. The summed E-state index contributed by atoms with van der Waals surface area (Å²) in [5.74, 6) is -0.645. The summed E-state index contributed by atoms with van der Waals surface area (Å²) in [6.07, 6.45) is 2.83. The van der Waals surface area contributed by atoms with Crippen LogP contribution >= 0.6 is 11.8 Å². The molecule has 34 heavy (non-hydrogen) atoms. The number of aromatic nitrogens is 2. The first-order chi connectivity index (χ1) is 16.4. The van der Waals surface area contributed by atoms with Gasteiger partial charge in [0.1, 0.15) is 11.4 Å². The molecular weight excluding hydrogens is 452 g/mol. The van der Waals surface area contributed by atoms with Crippen molar-refractivity contribution in [1.82, 2.24) is 15.3 Å². The Hall–Kier alpha value is -3.79. The summed E-state index contributed by atoms with van der Waals surface area (Å²) in [4.78, 5) is 42.0. The monoisotopic (exact) mass is 478 g/mol. The van der Waals surface area contributed by atoms with Gasteiger partial charge in [0.2, 0.25) is 5.95 Å². The first-order valence-corrected chi connectivity index (χ1v) is 11.8. The van der Waals surface area contributed by atoms with E-state index in [2.05, 4.69) is 20.8 Å². The number of hydrogen-bond acceptors (Lipinski definition) is 8. The second-order valence-electron chi connectivity index (χ2n) is 7.90. The van der Waals surface area contributed by atoms with Gasteiger partial charge in [-0.15, -0.1) is 0 Å². The van der Waals surface area contributed by atoms with E-state index in [1.165, 1.54) is 11.1 Å². The molecule has 4 N–H and O–H groups in total. The van der Waals surface area contributed by atoms with Gasteiger partial charge < -0.3 is 15.9 Å². The first-order valence-electron chi connectivity index (χ1n) is 11.0. The predicted octanol–water partition coefficient (Wildman–Crippen LogP) is 4.48. The molecule has 10 heteroatoms. The number of hydrogen-bond donors (Lipinski definition) is 3. The Kier molecular flexibility index (Phi) is 6.87. The molecular formula is C24H26N6O3S. The molecule has 1 aliphatic rings. The zero-order valence-corrected chi connectivity index (χ0v) is 19.8. The maximum atomic E-state index is 12.5. The topological polar surface area (TPSA) is 122 Å². The standard InChI is InChI=1S/C24H26N6O3S/c1-3-24(4-2)15-30(23(32)28-24)22-26-14-19(20(25)27-22)21(31)33-29-16-10-12-18(13-11-16)34-17-8-6-5-7-9-17/h5-14,29H,3-4,15H2,1-2H3,(H,28,32)(H2,25,26,27). The Morgan fingerprint density at radius 3 is 2.44 bits per heavy atom. The lowest BCUT2D eigenvalue weighted by atomic mass is 9.94. The van der Waals surface area contributed by atoms with E-state index in [-0.39, 0.29) is 28.9 Å². The third-order valence-corrected chi connectivity index (χ3v) is 6.81. The Bertz CT molecular complexity index is 1170. The minimum absolute atomic E-state index is 0.00403. The van der Waals surface area contributed by atoms with Gasteiger partial charge in [0.15, 0.2) is 0 Å². The van der Waals surface area contributed by atoms with Crippen LogP contribution in [0, 0.1) is 0 Å². The van der Waals surface area contributed by atoms with Crippen molar-refractivity contribution in [3.05, 3.63) is 66.4 Å². The van der Waals surface area contributed by atoms with Gasteiger partial charge in [0.25, 0.3) is 0 Å². The van der Waals surface area contributed by atoms with Crippen LogP contribution < -0.4 is 21.4 Å². The largest absolute Gasteiger partial charge is 0.383 e. The molecule has 176 valence electrons. The average Bonchev–Trinajstić information content (AvgIpc) is 3.21. The molecule has 2 aromatic carbocycles. The molecule has 0 unspecified atom stereocenters. The molecule has 1 aliphatic heterocycles. The van der Waals surface area contributed by atoms with E-state index in [0.29, 0.717) is 12.2 Å². The fraction of sp³-hybridized carbons (Fsp3) is 0.250. The van der Waals surface area contributed by atoms with Crippen molar-refractivity contribution in [1.29, 1.82) is 0 Å². The third kappa shape index (κ3) is 5.07. The minimum atomic E-state index is -0.728. The summed E-state index contributed by atoms with van der Waals surface area (Å²) in [6, 6.07) is 17.2. The molecule has 2 heterocycles. The molecule has 0 bridgehead atoms. The van der Waals surface area contributed by atoms with Crippen LogP contribution in [-0.4, -0.2) is 34.1 Å². The maximum Gasteiger partial charge on any atom is 0.368 e. The average molecular weight is 479 g/mol. The molecule has 0 radical (unpaired) electrons. The second kappa shape index (κ2) is 10.0. The van der Waals surface area contributed by atoms with Crippen LogP contribution in [0.4, 0.5) is 22.2 Å². The lowest BCUT2D eigenvalue weighted by molar-refractivity contribution is 0.0597. The summed E-state index contributed by atoms with van der Waals surface area (Å²) >= 11 is 1.63. The van der Waals surface area contributed by atoms with E-state index >= 15 is 0 Å². The van der Waals surface area contributed by atoms with Gasteiger partial charge in [-0.2, -0.15) is 4.98 Å². The van der Waals surface area contributed by atoms with Gasteiger partial charge in [0.05, 0.1) is 17.8 Å². The van der Waals surface area contributed by atoms with Crippen molar-refractivity contribution >= 4 is 41.2 Å². The molecule has 0 saturated carbocycles. The quantitative estimate of drug-likeness (QED) is 0.405. The molecule has 0 spiro atoms. The van der Waals surface area contributed by atoms with Gasteiger partial charge in [-0.3, -0.25) is 4.90 Å². The van der Waals surface area contributed by atoms with Crippen LogP contribution in [0.2, 0.25) is 0 Å². The maximum absolute atomic E-state index is 12.5. The van der Waals surface area contributed by atoms with Gasteiger partial charge >= 0.3 is 12.0 Å². The smallest absolute Gasteiger partial charge is 0.368 e. The van der Waals surface area contributed by atoms with Crippen molar-refractivity contribution < 1.29 is 14.4 Å². The number of benzene rings is 2. The molecule has 0 atom stereocenters. The van der Waals surface area contributed by atoms with Gasteiger partial charge in [-0.1, -0.05) is 43.8 Å². The van der Waals surface area contributed by atoms with Crippen LogP contribution in [0.5, 0.6) is 0 Å². The number of nitrogens with one attached hydrogen (secondary N) is 2. The molecule has 4 rings (SSSR count). The third-order valence-electron chi connectivity index (χ3n) is 5.79. The van der Waals surface area contributed by atoms with Crippen LogP contribution in [0.3, 0.4) is 0 Å². The Balaban J connectivity index is 1.37. The van der Waals surface area contributed by atoms with E-state index in [9.17, 15) is 9.59 Å². The number of anilines is 3. The Morgan fingerprint density at radius 1 is 1.15 bits per heavy atom. The van der Waals surface area contributed by atoms with Crippen LogP contribution in [0.15, 0.2) is 70.6 Å². The number of carbonyl (C=O) groups excluding carboxylic acids is 2. The number of amides is 2. The molecule has 1 fully saturated rings. The van der Waals surface area contributed by atoms with Crippen molar-refractivity contribution in [2.45, 2.75) is 42.0 Å². The number of nitrogens with two attached hydrogens (primary N) is 1. The molecule has 1 aromatic heterocycles. The van der Waals surface area contributed by atoms with Crippen molar-refractivity contribution in [2.24, 2.45) is 0 Å². The number of nitrogens with zero attached hydrogens (tertiary/aromatic N) is 3. The van der Waals surface area contributed by atoms with E-state index in [1.54, 1.807) is 23.9 Å². The minimum Gasteiger partial charge on any atom is -0.383 e. The normalized spacial score (nSPS) is 14.5. The van der Waals surface area contributed by atoms with Crippen molar-refractivity contribution in [3.63, 3.8) is 0 Å². The van der Waals surface area contributed by atoms with Crippen molar-refractivity contribution in [3.8, 4) is 0 Å². The molecule has 0 aliphatic carbocycles. The molecule has 1 saturated heterocycles. The number of urea groups is 1. The van der Waals surface area contributed by atoms with E-state index in [0.717, 1.165) is 22.6 Å². The van der Waals surface area contributed by atoms with E-state index in [1.807, 2.05) is 56.3 Å². The fourth-order valence-corrected chi connectivity index (χ4v) is 4.41. The first kappa shape index (κ1) is 23.4. The SMILES string of the molecule is CCC1(CC)CN(c2ncc(C(=O)ONc3ccc(Sc4ccccc4)cc3)c(N)n2)C(=O)N1. The highest BCUT2D eigenvalue weighted by atomic mass is 32.2. The summed E-state index contributed by atoms with van der Waals surface area (Å²) < 4.78 is 0.